The molecule has 0 bridgehead atoms. The molecule has 1 atom stereocenters. The standard InChI is InChI=1S/C25H25ClN4O4/c1-16-24(17(2)30(28-16)20-9-4-3-5-10-20)27-22(31)15-34-25(33)19-12-23(32)29(14-19)13-18-8-6-7-11-21(18)26/h3-11,19H,12-15H2,1-2H3,(H,27,31). The number of nitrogens with zero attached hydrogens (tertiary/aromatic N) is 3. The Kier molecular flexibility index (Phi) is 6.98. The molecule has 1 aliphatic rings. The van der Waals surface area contributed by atoms with E-state index in [0.717, 1.165) is 16.9 Å². The lowest BCUT2D eigenvalue weighted by atomic mass is 10.1. The van der Waals surface area contributed by atoms with E-state index in [4.69, 9.17) is 16.3 Å². The van der Waals surface area contributed by atoms with Gasteiger partial charge in [-0.3, -0.25) is 14.4 Å². The van der Waals surface area contributed by atoms with Crippen LogP contribution in [0.3, 0.4) is 0 Å². The highest BCUT2D eigenvalue weighted by Crippen LogP contribution is 2.25. The minimum Gasteiger partial charge on any atom is -0.455 e. The maximum absolute atomic E-state index is 12.5. The Hall–Kier alpha value is -3.65. The summed E-state index contributed by atoms with van der Waals surface area (Å²) in [6.07, 6.45) is 0.0486. The van der Waals surface area contributed by atoms with Gasteiger partial charge in [0, 0.05) is 24.5 Å². The van der Waals surface area contributed by atoms with Crippen molar-refractivity contribution >= 4 is 35.1 Å². The van der Waals surface area contributed by atoms with E-state index in [1.807, 2.05) is 55.5 Å². The molecule has 1 aliphatic heterocycles. The molecule has 0 spiro atoms. The van der Waals surface area contributed by atoms with E-state index in [9.17, 15) is 14.4 Å². The van der Waals surface area contributed by atoms with E-state index in [-0.39, 0.29) is 18.9 Å². The molecule has 1 aromatic heterocycles. The first-order chi connectivity index (χ1) is 16.3. The molecule has 2 amide bonds. The van der Waals surface area contributed by atoms with Crippen molar-refractivity contribution in [3.63, 3.8) is 0 Å². The zero-order valence-corrected chi connectivity index (χ0v) is 19.7. The molecule has 0 saturated carbocycles. The van der Waals surface area contributed by atoms with Gasteiger partial charge in [0.25, 0.3) is 5.91 Å². The normalized spacial score (nSPS) is 15.4. The summed E-state index contributed by atoms with van der Waals surface area (Å²) < 4.78 is 6.96. The van der Waals surface area contributed by atoms with E-state index in [1.54, 1.807) is 22.6 Å². The molecule has 2 aromatic carbocycles. The number of halogens is 1. The second kappa shape index (κ2) is 10.1. The topological polar surface area (TPSA) is 93.5 Å². The number of carbonyl (C=O) groups excluding carboxylic acids is 3. The smallest absolute Gasteiger partial charge is 0.311 e. The molecular formula is C25H25ClN4O4. The summed E-state index contributed by atoms with van der Waals surface area (Å²) in [6.45, 7) is 3.76. The summed E-state index contributed by atoms with van der Waals surface area (Å²) in [5.74, 6) is -1.80. The fraction of sp³-hybridized carbons (Fsp3) is 0.280. The van der Waals surface area contributed by atoms with Crippen LogP contribution in [0.15, 0.2) is 54.6 Å². The van der Waals surface area contributed by atoms with Crippen LogP contribution in [0.2, 0.25) is 5.02 Å². The first-order valence-electron chi connectivity index (χ1n) is 10.9. The molecule has 1 unspecified atom stereocenters. The van der Waals surface area contributed by atoms with Crippen LogP contribution in [-0.2, 0) is 25.7 Å². The number of ether oxygens (including phenoxy) is 1. The molecule has 1 fully saturated rings. The quantitative estimate of drug-likeness (QED) is 0.521. The molecule has 1 saturated heterocycles. The summed E-state index contributed by atoms with van der Waals surface area (Å²) in [5, 5.41) is 7.84. The van der Waals surface area contributed by atoms with E-state index in [2.05, 4.69) is 10.4 Å². The molecular weight excluding hydrogens is 456 g/mol. The molecule has 4 rings (SSSR count). The zero-order valence-electron chi connectivity index (χ0n) is 19.0. The summed E-state index contributed by atoms with van der Waals surface area (Å²) in [4.78, 5) is 38.9. The summed E-state index contributed by atoms with van der Waals surface area (Å²) in [5.41, 5.74) is 3.68. The van der Waals surface area contributed by atoms with Crippen LogP contribution in [0.1, 0.15) is 23.4 Å². The summed E-state index contributed by atoms with van der Waals surface area (Å²) in [6, 6.07) is 16.8. The number of aryl methyl sites for hydroxylation is 1. The molecule has 176 valence electrons. The van der Waals surface area contributed by atoms with Gasteiger partial charge in [-0.2, -0.15) is 5.10 Å². The first-order valence-corrected chi connectivity index (χ1v) is 11.3. The third kappa shape index (κ3) is 5.12. The number of para-hydroxylation sites is 1. The minimum atomic E-state index is -0.618. The number of rotatable bonds is 7. The van der Waals surface area contributed by atoms with E-state index in [0.29, 0.717) is 22.9 Å². The third-order valence-corrected chi connectivity index (χ3v) is 6.14. The van der Waals surface area contributed by atoms with Crippen LogP contribution in [0, 0.1) is 19.8 Å². The van der Waals surface area contributed by atoms with Gasteiger partial charge in [-0.1, -0.05) is 48.0 Å². The van der Waals surface area contributed by atoms with Crippen LogP contribution in [0.25, 0.3) is 5.69 Å². The fourth-order valence-electron chi connectivity index (χ4n) is 3.99. The third-order valence-electron chi connectivity index (χ3n) is 5.77. The van der Waals surface area contributed by atoms with Crippen molar-refractivity contribution in [1.82, 2.24) is 14.7 Å². The van der Waals surface area contributed by atoms with Gasteiger partial charge in [0.15, 0.2) is 6.61 Å². The zero-order chi connectivity index (χ0) is 24.2. The number of hydrogen-bond acceptors (Lipinski definition) is 5. The Bertz CT molecular complexity index is 1220. The van der Waals surface area contributed by atoms with Crippen LogP contribution in [-0.4, -0.2) is 45.6 Å². The Morgan fingerprint density at radius 1 is 1.12 bits per heavy atom. The van der Waals surface area contributed by atoms with Crippen LogP contribution < -0.4 is 5.32 Å². The van der Waals surface area contributed by atoms with Crippen molar-refractivity contribution in [3.8, 4) is 5.69 Å². The number of carbonyl (C=O) groups is 3. The molecule has 9 heteroatoms. The number of nitrogens with one attached hydrogen (secondary N) is 1. The van der Waals surface area contributed by atoms with Gasteiger partial charge in [0.2, 0.25) is 5.91 Å². The van der Waals surface area contributed by atoms with Crippen molar-refractivity contribution in [3.05, 3.63) is 76.6 Å². The molecule has 3 aromatic rings. The SMILES string of the molecule is Cc1nn(-c2ccccc2)c(C)c1NC(=O)COC(=O)C1CC(=O)N(Cc2ccccc2Cl)C1. The second-order valence-corrected chi connectivity index (χ2v) is 8.62. The van der Waals surface area contributed by atoms with Crippen molar-refractivity contribution in [2.45, 2.75) is 26.8 Å². The predicted octanol–water partition coefficient (Wildman–Crippen LogP) is 3.67. The largest absolute Gasteiger partial charge is 0.455 e. The van der Waals surface area contributed by atoms with E-state index < -0.39 is 24.4 Å². The van der Waals surface area contributed by atoms with Gasteiger partial charge < -0.3 is 15.0 Å². The monoisotopic (exact) mass is 480 g/mol. The predicted molar refractivity (Wildman–Crippen MR) is 128 cm³/mol. The molecule has 0 radical (unpaired) electrons. The fourth-order valence-corrected chi connectivity index (χ4v) is 4.18. The van der Waals surface area contributed by atoms with Crippen molar-refractivity contribution in [1.29, 1.82) is 0 Å². The highest BCUT2D eigenvalue weighted by molar-refractivity contribution is 6.31. The first kappa shape index (κ1) is 23.5. The second-order valence-electron chi connectivity index (χ2n) is 8.22. The van der Waals surface area contributed by atoms with E-state index >= 15 is 0 Å². The van der Waals surface area contributed by atoms with Gasteiger partial charge in [0.05, 0.1) is 28.7 Å². The van der Waals surface area contributed by atoms with Crippen molar-refractivity contribution in [2.75, 3.05) is 18.5 Å². The Labute approximate surface area is 202 Å². The van der Waals surface area contributed by atoms with Gasteiger partial charge in [0.1, 0.15) is 0 Å². The summed E-state index contributed by atoms with van der Waals surface area (Å²) >= 11 is 6.18. The number of amides is 2. The number of likely N-dealkylation sites (tertiary alicyclic amines) is 1. The lowest BCUT2D eigenvalue weighted by Crippen LogP contribution is -2.28. The summed E-state index contributed by atoms with van der Waals surface area (Å²) in [7, 11) is 0. The number of anilines is 1. The molecule has 1 N–H and O–H groups in total. The lowest BCUT2D eigenvalue weighted by molar-refractivity contribution is -0.151. The van der Waals surface area contributed by atoms with Crippen LogP contribution >= 0.6 is 11.6 Å². The number of benzene rings is 2. The number of aromatic nitrogens is 2. The van der Waals surface area contributed by atoms with Crippen LogP contribution in [0.4, 0.5) is 5.69 Å². The average molecular weight is 481 g/mol. The van der Waals surface area contributed by atoms with Crippen molar-refractivity contribution < 1.29 is 19.1 Å². The molecule has 0 aliphatic carbocycles. The lowest BCUT2D eigenvalue weighted by Gasteiger charge is -2.17. The van der Waals surface area contributed by atoms with Crippen LogP contribution in [0.5, 0.6) is 0 Å². The maximum atomic E-state index is 12.5. The highest BCUT2D eigenvalue weighted by atomic mass is 35.5. The Morgan fingerprint density at radius 2 is 1.82 bits per heavy atom. The van der Waals surface area contributed by atoms with Gasteiger partial charge in [-0.15, -0.1) is 0 Å². The van der Waals surface area contributed by atoms with Gasteiger partial charge >= 0.3 is 5.97 Å². The Balaban J connectivity index is 1.32. The van der Waals surface area contributed by atoms with Gasteiger partial charge in [-0.25, -0.2) is 4.68 Å². The van der Waals surface area contributed by atoms with Gasteiger partial charge in [-0.05, 0) is 37.6 Å². The van der Waals surface area contributed by atoms with E-state index in [1.165, 1.54) is 0 Å². The molecule has 2 heterocycles. The molecule has 8 nitrogen and oxygen atoms in total. The number of hydrogen-bond donors (Lipinski definition) is 1. The number of esters is 1. The minimum absolute atomic E-state index is 0.0486. The average Bonchev–Trinajstić information content (AvgIpc) is 3.33. The Morgan fingerprint density at radius 3 is 2.56 bits per heavy atom. The highest BCUT2D eigenvalue weighted by Gasteiger charge is 2.35. The van der Waals surface area contributed by atoms with Crippen molar-refractivity contribution in [2.24, 2.45) is 5.92 Å². The molecule has 34 heavy (non-hydrogen) atoms. The maximum Gasteiger partial charge on any atom is 0.311 e.